The highest BCUT2D eigenvalue weighted by Crippen LogP contribution is 2.15. The van der Waals surface area contributed by atoms with E-state index in [0.29, 0.717) is 0 Å². The van der Waals surface area contributed by atoms with Gasteiger partial charge in [-0.25, -0.2) is 4.79 Å². The van der Waals surface area contributed by atoms with Gasteiger partial charge in [0.25, 0.3) is 5.91 Å². The van der Waals surface area contributed by atoms with Gasteiger partial charge >= 0.3 is 6.09 Å². The molecular formula is C7H14N4O3. The summed E-state index contributed by atoms with van der Waals surface area (Å²) < 4.78 is 4.20. The fourth-order valence-electron chi connectivity index (χ4n) is 0.614. The van der Waals surface area contributed by atoms with Gasteiger partial charge < -0.3 is 10.5 Å². The normalized spacial score (nSPS) is 15.5. The number of azo groups is 1. The average Bonchev–Trinajstić information content (AvgIpc) is 2.12. The molecule has 0 rings (SSSR count). The Morgan fingerprint density at radius 2 is 1.93 bits per heavy atom. The van der Waals surface area contributed by atoms with Crippen LogP contribution in [0.25, 0.3) is 0 Å². The van der Waals surface area contributed by atoms with E-state index < -0.39 is 17.7 Å². The number of carbonyl (C=O) groups is 2. The maximum absolute atomic E-state index is 11.0. The van der Waals surface area contributed by atoms with Crippen LogP contribution >= 0.6 is 0 Å². The van der Waals surface area contributed by atoms with Crippen molar-refractivity contribution in [3.05, 3.63) is 0 Å². The molecule has 0 spiro atoms. The van der Waals surface area contributed by atoms with Crippen LogP contribution in [0.15, 0.2) is 10.2 Å². The lowest BCUT2D eigenvalue weighted by atomic mass is 9.97. The van der Waals surface area contributed by atoms with Gasteiger partial charge in [0.2, 0.25) is 5.66 Å². The van der Waals surface area contributed by atoms with Gasteiger partial charge in [-0.3, -0.25) is 10.5 Å². The van der Waals surface area contributed by atoms with Gasteiger partial charge in [0.1, 0.15) is 0 Å². The molecule has 0 aromatic heterocycles. The molecule has 0 aliphatic heterocycles. The van der Waals surface area contributed by atoms with Gasteiger partial charge in [0, 0.05) is 5.92 Å². The Kier molecular flexibility index (Phi) is 4.16. The second kappa shape index (κ2) is 4.66. The Balaban J connectivity index is 4.79. The van der Waals surface area contributed by atoms with E-state index in [2.05, 4.69) is 15.0 Å². The van der Waals surface area contributed by atoms with Crippen LogP contribution in [0.2, 0.25) is 0 Å². The van der Waals surface area contributed by atoms with Crippen molar-refractivity contribution in [3.63, 3.8) is 0 Å². The number of ether oxygens (including phenoxy) is 1. The van der Waals surface area contributed by atoms with Crippen LogP contribution in [-0.4, -0.2) is 24.8 Å². The van der Waals surface area contributed by atoms with E-state index in [-0.39, 0.29) is 5.92 Å². The number of methoxy groups -OCH3 is 1. The molecule has 0 aromatic carbocycles. The summed E-state index contributed by atoms with van der Waals surface area (Å²) in [5.41, 5.74) is 8.90. The van der Waals surface area contributed by atoms with Crippen LogP contribution in [0.1, 0.15) is 13.8 Å². The third-order valence-electron chi connectivity index (χ3n) is 1.75. The summed E-state index contributed by atoms with van der Waals surface area (Å²) in [7, 11) is 1.14. The van der Waals surface area contributed by atoms with Crippen molar-refractivity contribution < 1.29 is 14.3 Å². The van der Waals surface area contributed by atoms with Gasteiger partial charge in [0.15, 0.2) is 0 Å². The summed E-state index contributed by atoms with van der Waals surface area (Å²) in [4.78, 5) is 21.6. The van der Waals surface area contributed by atoms with E-state index in [1.165, 1.54) is 0 Å². The topological polar surface area (TPSA) is 120 Å². The molecule has 0 saturated heterocycles. The number of nitrogens with zero attached hydrogens (tertiary/aromatic N) is 2. The second-order valence-electron chi connectivity index (χ2n) is 3.01. The van der Waals surface area contributed by atoms with Gasteiger partial charge in [-0.2, -0.15) is 0 Å². The van der Waals surface area contributed by atoms with E-state index in [1.54, 1.807) is 13.8 Å². The number of rotatable bonds is 3. The van der Waals surface area contributed by atoms with Crippen molar-refractivity contribution in [2.45, 2.75) is 19.5 Å². The molecule has 7 heteroatoms. The van der Waals surface area contributed by atoms with Crippen molar-refractivity contribution in [2.24, 2.45) is 27.6 Å². The molecule has 1 atom stereocenters. The predicted octanol–water partition coefficient (Wildman–Crippen LogP) is 0.00130. The van der Waals surface area contributed by atoms with Crippen LogP contribution in [0.5, 0.6) is 0 Å². The zero-order chi connectivity index (χ0) is 11.4. The first kappa shape index (κ1) is 12.5. The first-order valence-corrected chi connectivity index (χ1v) is 3.94. The predicted molar refractivity (Wildman–Crippen MR) is 48.2 cm³/mol. The highest BCUT2D eigenvalue weighted by atomic mass is 16.5. The highest BCUT2D eigenvalue weighted by Gasteiger charge is 2.36. The Morgan fingerprint density at radius 3 is 2.21 bits per heavy atom. The first-order chi connectivity index (χ1) is 6.34. The molecule has 7 nitrogen and oxygen atoms in total. The summed E-state index contributed by atoms with van der Waals surface area (Å²) >= 11 is 0. The Labute approximate surface area is 81.5 Å². The SMILES string of the molecule is COC(=O)N=N[C@](N)(C(N)=O)C(C)C. The first-order valence-electron chi connectivity index (χ1n) is 3.94. The minimum absolute atomic E-state index is 0.367. The molecule has 0 aliphatic carbocycles. The lowest BCUT2D eigenvalue weighted by Crippen LogP contribution is -2.54. The summed E-state index contributed by atoms with van der Waals surface area (Å²) in [6, 6.07) is 0. The van der Waals surface area contributed by atoms with Crippen molar-refractivity contribution in [3.8, 4) is 0 Å². The van der Waals surface area contributed by atoms with E-state index >= 15 is 0 Å². The van der Waals surface area contributed by atoms with Crippen LogP contribution in [-0.2, 0) is 9.53 Å². The zero-order valence-corrected chi connectivity index (χ0v) is 8.35. The van der Waals surface area contributed by atoms with Gasteiger partial charge in [-0.15, -0.1) is 5.11 Å². The molecule has 0 fully saturated rings. The monoisotopic (exact) mass is 202 g/mol. The van der Waals surface area contributed by atoms with Crippen molar-refractivity contribution in [2.75, 3.05) is 7.11 Å². The molecule has 2 amide bonds. The van der Waals surface area contributed by atoms with Gasteiger partial charge in [0.05, 0.1) is 7.11 Å². The zero-order valence-electron chi connectivity index (χ0n) is 8.35. The average molecular weight is 202 g/mol. The lowest BCUT2D eigenvalue weighted by Gasteiger charge is -2.23. The summed E-state index contributed by atoms with van der Waals surface area (Å²) in [6.45, 7) is 3.28. The lowest BCUT2D eigenvalue weighted by molar-refractivity contribution is -0.124. The molecule has 0 saturated carbocycles. The van der Waals surface area contributed by atoms with E-state index in [0.717, 1.165) is 7.11 Å². The number of nitrogens with two attached hydrogens (primary N) is 2. The fraction of sp³-hybridized carbons (Fsp3) is 0.714. The minimum atomic E-state index is -1.67. The largest absolute Gasteiger partial charge is 0.451 e. The van der Waals surface area contributed by atoms with Crippen LogP contribution in [0.4, 0.5) is 4.79 Å². The molecule has 0 aliphatic rings. The quantitative estimate of drug-likeness (QED) is 0.625. The Bertz CT molecular complexity index is 264. The molecule has 0 radical (unpaired) electrons. The van der Waals surface area contributed by atoms with Crippen molar-refractivity contribution in [1.29, 1.82) is 0 Å². The van der Waals surface area contributed by atoms with Gasteiger partial charge in [-0.1, -0.05) is 19.0 Å². The maximum Gasteiger partial charge on any atom is 0.451 e. The van der Waals surface area contributed by atoms with E-state index in [9.17, 15) is 9.59 Å². The van der Waals surface area contributed by atoms with Crippen LogP contribution in [0.3, 0.4) is 0 Å². The fourth-order valence-corrected chi connectivity index (χ4v) is 0.614. The van der Waals surface area contributed by atoms with Crippen LogP contribution < -0.4 is 11.5 Å². The number of amides is 2. The molecule has 4 N–H and O–H groups in total. The number of primary amides is 1. The van der Waals surface area contributed by atoms with Crippen molar-refractivity contribution in [1.82, 2.24) is 0 Å². The number of hydrogen-bond acceptors (Lipinski definition) is 5. The minimum Gasteiger partial charge on any atom is -0.450 e. The molecule has 0 bridgehead atoms. The van der Waals surface area contributed by atoms with E-state index in [4.69, 9.17) is 11.5 Å². The van der Waals surface area contributed by atoms with Gasteiger partial charge in [-0.05, 0) is 0 Å². The molecule has 0 unspecified atom stereocenters. The smallest absolute Gasteiger partial charge is 0.450 e. The molecular weight excluding hydrogens is 188 g/mol. The third kappa shape index (κ3) is 2.77. The van der Waals surface area contributed by atoms with Crippen LogP contribution in [0, 0.1) is 5.92 Å². The second-order valence-corrected chi connectivity index (χ2v) is 3.01. The Hall–Kier alpha value is -1.50. The maximum atomic E-state index is 11.0. The third-order valence-corrected chi connectivity index (χ3v) is 1.75. The molecule has 0 heterocycles. The number of hydrogen-bond donors (Lipinski definition) is 2. The molecule has 80 valence electrons. The number of carbonyl (C=O) groups excluding carboxylic acids is 2. The standard InChI is InChI=1S/C7H14N4O3/c1-4(2)7(9,5(8)12)11-10-6(13)14-3/h4H,9H2,1-3H3,(H2,8,12)/t7-/m0/s1. The summed E-state index contributed by atoms with van der Waals surface area (Å²) in [5.74, 6) is -1.21. The summed E-state index contributed by atoms with van der Waals surface area (Å²) in [6.07, 6.45) is -0.929. The van der Waals surface area contributed by atoms with E-state index in [1.807, 2.05) is 0 Å². The molecule has 0 aromatic rings. The Morgan fingerprint density at radius 1 is 1.43 bits per heavy atom. The highest BCUT2D eigenvalue weighted by molar-refractivity contribution is 5.84. The summed E-state index contributed by atoms with van der Waals surface area (Å²) in [5, 5.41) is 6.47. The molecule has 14 heavy (non-hydrogen) atoms. The van der Waals surface area contributed by atoms with Crippen molar-refractivity contribution >= 4 is 12.0 Å².